The number of pyridine rings is 1. The largest absolute Gasteiger partial charge is 0.370 e. The van der Waals surface area contributed by atoms with Crippen molar-refractivity contribution in [2.75, 3.05) is 25.0 Å². The van der Waals surface area contributed by atoms with Crippen molar-refractivity contribution in [2.45, 2.75) is 52.5 Å². The molecule has 1 aliphatic heterocycles. The summed E-state index contributed by atoms with van der Waals surface area (Å²) >= 11 is 0. The van der Waals surface area contributed by atoms with Gasteiger partial charge < -0.3 is 5.32 Å². The Bertz CT molecular complexity index is 384. The lowest BCUT2D eigenvalue weighted by atomic mass is 9.92. The molecule has 0 spiro atoms. The van der Waals surface area contributed by atoms with Gasteiger partial charge in [-0.2, -0.15) is 0 Å². The second-order valence-electron chi connectivity index (χ2n) is 5.95. The predicted octanol–water partition coefficient (Wildman–Crippen LogP) is 3.92. The summed E-state index contributed by atoms with van der Waals surface area (Å²) in [4.78, 5) is 7.07. The number of nitrogens with one attached hydrogen (secondary N) is 1. The van der Waals surface area contributed by atoms with Crippen LogP contribution in [0, 0.1) is 5.92 Å². The van der Waals surface area contributed by atoms with Crippen LogP contribution in [-0.4, -0.2) is 29.5 Å². The summed E-state index contributed by atoms with van der Waals surface area (Å²) in [5.41, 5.74) is 1.34. The van der Waals surface area contributed by atoms with Gasteiger partial charge in [0.05, 0.1) is 0 Å². The molecule has 2 heterocycles. The zero-order chi connectivity index (χ0) is 14.2. The minimum Gasteiger partial charge on any atom is -0.370 e. The van der Waals surface area contributed by atoms with Gasteiger partial charge in [0.1, 0.15) is 5.82 Å². The van der Waals surface area contributed by atoms with E-state index in [0.717, 1.165) is 31.2 Å². The fourth-order valence-electron chi connectivity index (χ4n) is 3.05. The average molecular weight is 275 g/mol. The maximum Gasteiger partial charge on any atom is 0.130 e. The highest BCUT2D eigenvalue weighted by atomic mass is 15.1. The van der Waals surface area contributed by atoms with Crippen molar-refractivity contribution in [3.63, 3.8) is 0 Å². The van der Waals surface area contributed by atoms with Crippen LogP contribution in [0.2, 0.25) is 0 Å². The van der Waals surface area contributed by atoms with Gasteiger partial charge in [-0.05, 0) is 44.3 Å². The van der Waals surface area contributed by atoms with Crippen molar-refractivity contribution in [1.29, 1.82) is 0 Å². The molecule has 20 heavy (non-hydrogen) atoms. The summed E-state index contributed by atoms with van der Waals surface area (Å²) in [6.45, 7) is 9.02. The fraction of sp³-hybridized carbons (Fsp3) is 0.706. The first-order valence-electron chi connectivity index (χ1n) is 8.23. The number of nitrogens with zero attached hydrogens (tertiary/aromatic N) is 2. The summed E-state index contributed by atoms with van der Waals surface area (Å²) in [5.74, 6) is 2.04. The van der Waals surface area contributed by atoms with Gasteiger partial charge in [-0.15, -0.1) is 0 Å². The number of anilines is 1. The molecule has 3 heteroatoms. The fourth-order valence-corrected chi connectivity index (χ4v) is 3.05. The van der Waals surface area contributed by atoms with Crippen LogP contribution < -0.4 is 5.32 Å². The van der Waals surface area contributed by atoms with Crippen molar-refractivity contribution < 1.29 is 0 Å². The molecule has 1 saturated heterocycles. The van der Waals surface area contributed by atoms with Gasteiger partial charge in [0.25, 0.3) is 0 Å². The molecule has 0 bridgehead atoms. The van der Waals surface area contributed by atoms with Gasteiger partial charge in [0.2, 0.25) is 0 Å². The smallest absolute Gasteiger partial charge is 0.130 e. The molecule has 2 rings (SSSR count). The Kier molecular flexibility index (Phi) is 6.31. The maximum atomic E-state index is 4.49. The third-order valence-electron chi connectivity index (χ3n) is 4.23. The van der Waals surface area contributed by atoms with E-state index in [0.29, 0.717) is 0 Å². The molecule has 1 aliphatic rings. The van der Waals surface area contributed by atoms with Crippen LogP contribution in [0.1, 0.15) is 51.5 Å². The van der Waals surface area contributed by atoms with Crippen molar-refractivity contribution in [3.05, 3.63) is 23.9 Å². The number of aromatic nitrogens is 1. The monoisotopic (exact) mass is 275 g/mol. The van der Waals surface area contributed by atoms with E-state index < -0.39 is 0 Å². The van der Waals surface area contributed by atoms with Gasteiger partial charge >= 0.3 is 0 Å². The standard InChI is InChI=1S/C17H29N3/c1-3-6-15-8-12-20(13-9-15)14-16-7-5-11-19-17(16)18-10-4-2/h5,7,11,15H,3-4,6,8-10,12-14H2,1-2H3,(H,18,19). The Morgan fingerprint density at radius 3 is 2.75 bits per heavy atom. The maximum absolute atomic E-state index is 4.49. The van der Waals surface area contributed by atoms with Crippen molar-refractivity contribution in [3.8, 4) is 0 Å². The third-order valence-corrected chi connectivity index (χ3v) is 4.23. The highest BCUT2D eigenvalue weighted by Gasteiger charge is 2.19. The van der Waals surface area contributed by atoms with Gasteiger partial charge in [-0.3, -0.25) is 4.90 Å². The van der Waals surface area contributed by atoms with Crippen LogP contribution in [0.3, 0.4) is 0 Å². The molecule has 112 valence electrons. The molecule has 3 nitrogen and oxygen atoms in total. The summed E-state index contributed by atoms with van der Waals surface area (Å²) in [6.07, 6.45) is 8.49. The van der Waals surface area contributed by atoms with E-state index in [1.165, 1.54) is 44.3 Å². The van der Waals surface area contributed by atoms with Crippen LogP contribution in [0.15, 0.2) is 18.3 Å². The topological polar surface area (TPSA) is 28.2 Å². The summed E-state index contributed by atoms with van der Waals surface area (Å²) in [6, 6.07) is 4.26. The first-order valence-corrected chi connectivity index (χ1v) is 8.23. The molecule has 1 N–H and O–H groups in total. The molecule has 0 aliphatic carbocycles. The van der Waals surface area contributed by atoms with E-state index in [-0.39, 0.29) is 0 Å². The quantitative estimate of drug-likeness (QED) is 0.817. The summed E-state index contributed by atoms with van der Waals surface area (Å²) in [7, 11) is 0. The molecular formula is C17H29N3. The average Bonchev–Trinajstić information content (AvgIpc) is 2.49. The first kappa shape index (κ1) is 15.3. The summed E-state index contributed by atoms with van der Waals surface area (Å²) < 4.78 is 0. The molecule has 0 unspecified atom stereocenters. The van der Waals surface area contributed by atoms with Crippen molar-refractivity contribution in [2.24, 2.45) is 5.92 Å². The van der Waals surface area contributed by atoms with E-state index in [2.05, 4.69) is 41.2 Å². The molecule has 1 aromatic heterocycles. The van der Waals surface area contributed by atoms with E-state index >= 15 is 0 Å². The Labute approximate surface area is 123 Å². The third kappa shape index (κ3) is 4.48. The highest BCUT2D eigenvalue weighted by Crippen LogP contribution is 2.24. The SMILES string of the molecule is CCCNc1ncccc1CN1CCC(CCC)CC1. The van der Waals surface area contributed by atoms with Crippen LogP contribution in [0.25, 0.3) is 0 Å². The lowest BCUT2D eigenvalue weighted by molar-refractivity contribution is 0.172. The minimum absolute atomic E-state index is 0.961. The van der Waals surface area contributed by atoms with Crippen molar-refractivity contribution >= 4 is 5.82 Å². The first-order chi connectivity index (χ1) is 9.83. The van der Waals surface area contributed by atoms with E-state index in [4.69, 9.17) is 0 Å². The molecule has 0 aromatic carbocycles. The zero-order valence-corrected chi connectivity index (χ0v) is 13.1. The molecule has 0 amide bonds. The molecule has 0 radical (unpaired) electrons. The van der Waals surface area contributed by atoms with Gasteiger partial charge in [-0.1, -0.05) is 32.8 Å². The van der Waals surface area contributed by atoms with E-state index in [9.17, 15) is 0 Å². The predicted molar refractivity (Wildman–Crippen MR) is 85.9 cm³/mol. The van der Waals surface area contributed by atoms with E-state index in [1.807, 2.05) is 6.20 Å². The lowest BCUT2D eigenvalue weighted by Crippen LogP contribution is -2.33. The second kappa shape index (κ2) is 8.25. The molecular weight excluding hydrogens is 246 g/mol. The van der Waals surface area contributed by atoms with Gasteiger partial charge in [-0.25, -0.2) is 4.98 Å². The van der Waals surface area contributed by atoms with Crippen LogP contribution in [0.4, 0.5) is 5.82 Å². The van der Waals surface area contributed by atoms with E-state index in [1.54, 1.807) is 0 Å². The zero-order valence-electron chi connectivity index (χ0n) is 13.1. The minimum atomic E-state index is 0.961. The Balaban J connectivity index is 1.87. The van der Waals surface area contributed by atoms with Crippen molar-refractivity contribution in [1.82, 2.24) is 9.88 Å². The molecule has 0 saturated carbocycles. The Hall–Kier alpha value is -1.09. The summed E-state index contributed by atoms with van der Waals surface area (Å²) in [5, 5.41) is 3.44. The van der Waals surface area contributed by atoms with Crippen LogP contribution in [-0.2, 0) is 6.54 Å². The number of rotatable bonds is 7. The number of likely N-dealkylation sites (tertiary alicyclic amines) is 1. The van der Waals surface area contributed by atoms with Crippen LogP contribution >= 0.6 is 0 Å². The van der Waals surface area contributed by atoms with Gasteiger partial charge in [0.15, 0.2) is 0 Å². The lowest BCUT2D eigenvalue weighted by Gasteiger charge is -2.32. The van der Waals surface area contributed by atoms with Crippen LogP contribution in [0.5, 0.6) is 0 Å². The molecule has 1 fully saturated rings. The number of hydrogen-bond acceptors (Lipinski definition) is 3. The second-order valence-corrected chi connectivity index (χ2v) is 5.95. The normalized spacial score (nSPS) is 17.3. The molecule has 0 atom stereocenters. The number of piperidine rings is 1. The Morgan fingerprint density at radius 1 is 1.25 bits per heavy atom. The number of hydrogen-bond donors (Lipinski definition) is 1. The molecule has 1 aromatic rings. The Morgan fingerprint density at radius 2 is 2.05 bits per heavy atom. The highest BCUT2D eigenvalue weighted by molar-refractivity contribution is 5.43. The van der Waals surface area contributed by atoms with Gasteiger partial charge in [0, 0.05) is 24.8 Å².